The van der Waals surface area contributed by atoms with Crippen molar-refractivity contribution < 1.29 is 4.74 Å². The quantitative estimate of drug-likeness (QED) is 0.221. The Hall–Kier alpha value is -4.34. The van der Waals surface area contributed by atoms with Crippen LogP contribution in [0.1, 0.15) is 30.9 Å². The Labute approximate surface area is 257 Å². The SMILES string of the molecule is CCc1cc(Nc2ncc(C#N)c(Nc3ccc4nccnc4c3N(C)SC)n2)c(OC)cc1N1CCC(N(C)C)CC1. The van der Waals surface area contributed by atoms with Gasteiger partial charge in [-0.1, -0.05) is 18.9 Å². The molecule has 1 aliphatic rings. The minimum atomic E-state index is 0.320. The summed E-state index contributed by atoms with van der Waals surface area (Å²) in [6.07, 6.45) is 9.99. The molecule has 0 saturated carbocycles. The summed E-state index contributed by atoms with van der Waals surface area (Å²) < 4.78 is 7.84. The summed E-state index contributed by atoms with van der Waals surface area (Å²) in [6, 6.07) is 10.9. The van der Waals surface area contributed by atoms with E-state index in [1.54, 1.807) is 31.5 Å². The van der Waals surface area contributed by atoms with Gasteiger partial charge in [0, 0.05) is 56.6 Å². The minimum Gasteiger partial charge on any atom is -0.494 e. The third-order valence-corrected chi connectivity index (χ3v) is 8.66. The smallest absolute Gasteiger partial charge is 0.229 e. The zero-order chi connectivity index (χ0) is 30.5. The van der Waals surface area contributed by atoms with Crippen molar-refractivity contribution in [3.05, 3.63) is 54.0 Å². The Balaban J connectivity index is 1.46. The zero-order valence-corrected chi connectivity index (χ0v) is 26.4. The number of nitrogens with zero attached hydrogens (tertiary/aromatic N) is 8. The van der Waals surface area contributed by atoms with E-state index in [1.807, 2.05) is 29.7 Å². The summed E-state index contributed by atoms with van der Waals surface area (Å²) in [4.78, 5) is 23.0. The first-order valence-corrected chi connectivity index (χ1v) is 15.5. The molecule has 0 atom stereocenters. The van der Waals surface area contributed by atoms with Crippen molar-refractivity contribution >= 4 is 57.5 Å². The van der Waals surface area contributed by atoms with Crippen LogP contribution in [0, 0.1) is 11.3 Å². The Kier molecular flexibility index (Phi) is 9.33. The van der Waals surface area contributed by atoms with E-state index in [4.69, 9.17) is 9.72 Å². The fraction of sp³-hybridized carbons (Fsp3) is 0.387. The highest BCUT2D eigenvalue weighted by molar-refractivity contribution is 7.99. The number of methoxy groups -OCH3 is 1. The molecular formula is C31H38N10OS. The lowest BCUT2D eigenvalue weighted by molar-refractivity contribution is 0.249. The van der Waals surface area contributed by atoms with E-state index >= 15 is 0 Å². The number of nitriles is 1. The van der Waals surface area contributed by atoms with E-state index in [9.17, 15) is 5.26 Å². The number of ether oxygens (including phenoxy) is 1. The molecule has 12 heteroatoms. The molecule has 0 aliphatic carbocycles. The van der Waals surface area contributed by atoms with Crippen LogP contribution < -0.4 is 24.6 Å². The third kappa shape index (κ3) is 6.38. The first-order chi connectivity index (χ1) is 20.9. The molecule has 43 heavy (non-hydrogen) atoms. The zero-order valence-electron chi connectivity index (χ0n) is 25.5. The molecule has 0 radical (unpaired) electrons. The van der Waals surface area contributed by atoms with Crippen molar-refractivity contribution in [3.8, 4) is 11.8 Å². The summed E-state index contributed by atoms with van der Waals surface area (Å²) in [5.41, 5.74) is 6.63. The highest BCUT2D eigenvalue weighted by atomic mass is 32.2. The number of aromatic nitrogens is 4. The van der Waals surface area contributed by atoms with Gasteiger partial charge in [-0.15, -0.1) is 0 Å². The number of benzene rings is 2. The molecule has 0 bridgehead atoms. The van der Waals surface area contributed by atoms with E-state index in [-0.39, 0.29) is 0 Å². The molecule has 2 aromatic carbocycles. The summed E-state index contributed by atoms with van der Waals surface area (Å²) in [5, 5.41) is 16.6. The van der Waals surface area contributed by atoms with E-state index in [0.29, 0.717) is 29.1 Å². The van der Waals surface area contributed by atoms with Crippen molar-refractivity contribution in [3.63, 3.8) is 0 Å². The molecule has 4 aromatic rings. The summed E-state index contributed by atoms with van der Waals surface area (Å²) in [5.74, 6) is 1.44. The molecule has 3 heterocycles. The van der Waals surface area contributed by atoms with Crippen LogP contribution in [-0.2, 0) is 6.42 Å². The van der Waals surface area contributed by atoms with Gasteiger partial charge in [-0.3, -0.25) is 9.97 Å². The summed E-state index contributed by atoms with van der Waals surface area (Å²) in [7, 11) is 7.95. The van der Waals surface area contributed by atoms with Gasteiger partial charge in [-0.2, -0.15) is 10.2 Å². The van der Waals surface area contributed by atoms with Crippen LogP contribution in [0.25, 0.3) is 11.0 Å². The monoisotopic (exact) mass is 598 g/mol. The van der Waals surface area contributed by atoms with Gasteiger partial charge in [0.1, 0.15) is 22.9 Å². The first-order valence-electron chi connectivity index (χ1n) is 14.3. The van der Waals surface area contributed by atoms with Crippen LogP contribution in [0.2, 0.25) is 0 Å². The second-order valence-corrected chi connectivity index (χ2v) is 11.5. The van der Waals surface area contributed by atoms with Gasteiger partial charge in [-0.05, 0) is 57.1 Å². The standard InChI is InChI=1S/C31H38N10OS/c1-7-20-16-25(27(42-5)17-26(20)41-14-10-22(11-15-41)39(2)3)37-31-35-19-21(18-32)30(38-31)36-24-9-8-23-28(34-13-12-33-23)29(24)40(4)43-6/h8-9,12-13,16-17,19,22H,7,10-11,14-15H2,1-6H3,(H2,35,36,37,38). The highest BCUT2D eigenvalue weighted by Gasteiger charge is 2.24. The van der Waals surface area contributed by atoms with Gasteiger partial charge in [0.05, 0.1) is 35.9 Å². The van der Waals surface area contributed by atoms with Gasteiger partial charge in [0.15, 0.2) is 5.82 Å². The molecule has 11 nitrogen and oxygen atoms in total. The van der Waals surface area contributed by atoms with Crippen molar-refractivity contribution in [1.29, 1.82) is 5.26 Å². The second kappa shape index (κ2) is 13.3. The van der Waals surface area contributed by atoms with Crippen LogP contribution in [0.3, 0.4) is 0 Å². The fourth-order valence-corrected chi connectivity index (χ4v) is 5.85. The fourth-order valence-electron chi connectivity index (χ4n) is 5.48. The largest absolute Gasteiger partial charge is 0.494 e. The first kappa shape index (κ1) is 30.1. The maximum absolute atomic E-state index is 9.87. The lowest BCUT2D eigenvalue weighted by Gasteiger charge is -2.37. The lowest BCUT2D eigenvalue weighted by atomic mass is 10.0. The summed E-state index contributed by atoms with van der Waals surface area (Å²) in [6.45, 7) is 4.18. The second-order valence-electron chi connectivity index (χ2n) is 10.6. The molecule has 2 aromatic heterocycles. The van der Waals surface area contributed by atoms with Crippen molar-refractivity contribution in [2.75, 3.05) is 67.4 Å². The van der Waals surface area contributed by atoms with Crippen LogP contribution >= 0.6 is 11.9 Å². The van der Waals surface area contributed by atoms with Gasteiger partial charge in [-0.25, -0.2) is 4.98 Å². The number of aryl methyl sites for hydroxylation is 1. The highest BCUT2D eigenvalue weighted by Crippen LogP contribution is 2.38. The molecule has 0 unspecified atom stereocenters. The van der Waals surface area contributed by atoms with E-state index in [2.05, 4.69) is 74.6 Å². The van der Waals surface area contributed by atoms with Gasteiger partial charge < -0.3 is 29.5 Å². The average Bonchev–Trinajstić information content (AvgIpc) is 3.04. The number of piperidine rings is 1. The molecule has 224 valence electrons. The maximum Gasteiger partial charge on any atom is 0.229 e. The van der Waals surface area contributed by atoms with E-state index in [1.165, 1.54) is 17.4 Å². The molecule has 2 N–H and O–H groups in total. The third-order valence-electron chi connectivity index (χ3n) is 7.93. The van der Waals surface area contributed by atoms with Crippen LogP contribution in [0.4, 0.5) is 34.5 Å². The Morgan fingerprint density at radius 2 is 1.84 bits per heavy atom. The predicted octanol–water partition coefficient (Wildman–Crippen LogP) is 5.59. The molecule has 1 aliphatic heterocycles. The van der Waals surface area contributed by atoms with Crippen molar-refractivity contribution in [1.82, 2.24) is 24.8 Å². The molecule has 0 spiro atoms. The molecular weight excluding hydrogens is 560 g/mol. The van der Waals surface area contributed by atoms with Crippen molar-refractivity contribution in [2.45, 2.75) is 32.2 Å². The van der Waals surface area contributed by atoms with Crippen LogP contribution in [0.5, 0.6) is 5.75 Å². The normalized spacial score (nSPS) is 13.7. The topological polar surface area (TPSA) is 118 Å². The lowest BCUT2D eigenvalue weighted by Crippen LogP contribution is -2.42. The van der Waals surface area contributed by atoms with Crippen LogP contribution in [0.15, 0.2) is 42.9 Å². The van der Waals surface area contributed by atoms with E-state index in [0.717, 1.165) is 60.4 Å². The molecule has 1 saturated heterocycles. The minimum absolute atomic E-state index is 0.320. The molecule has 5 rings (SSSR count). The molecule has 1 fully saturated rings. The van der Waals surface area contributed by atoms with Gasteiger partial charge in [0.25, 0.3) is 0 Å². The molecule has 0 amide bonds. The van der Waals surface area contributed by atoms with Crippen molar-refractivity contribution in [2.24, 2.45) is 0 Å². The number of fused-ring (bicyclic) bond motifs is 1. The number of hydrogen-bond donors (Lipinski definition) is 2. The Morgan fingerprint density at radius 1 is 1.07 bits per heavy atom. The Morgan fingerprint density at radius 3 is 2.51 bits per heavy atom. The maximum atomic E-state index is 9.87. The number of rotatable bonds is 10. The average molecular weight is 599 g/mol. The van der Waals surface area contributed by atoms with E-state index < -0.39 is 0 Å². The van der Waals surface area contributed by atoms with Gasteiger partial charge in [0.2, 0.25) is 5.95 Å². The summed E-state index contributed by atoms with van der Waals surface area (Å²) >= 11 is 1.55. The Bertz CT molecular complexity index is 1630. The number of hydrogen-bond acceptors (Lipinski definition) is 12. The number of anilines is 6. The number of nitrogens with one attached hydrogen (secondary N) is 2. The van der Waals surface area contributed by atoms with Gasteiger partial charge >= 0.3 is 0 Å². The predicted molar refractivity (Wildman–Crippen MR) is 176 cm³/mol. The van der Waals surface area contributed by atoms with Crippen LogP contribution in [-0.4, -0.2) is 78.5 Å².